The van der Waals surface area contributed by atoms with Gasteiger partial charge in [0, 0.05) is 24.2 Å². The Morgan fingerprint density at radius 2 is 2.11 bits per heavy atom. The van der Waals surface area contributed by atoms with Crippen LogP contribution in [0.3, 0.4) is 0 Å². The summed E-state index contributed by atoms with van der Waals surface area (Å²) in [6.07, 6.45) is 1.43. The summed E-state index contributed by atoms with van der Waals surface area (Å²) in [4.78, 5) is 14.8. The summed E-state index contributed by atoms with van der Waals surface area (Å²) in [5, 5.41) is 9.14. The molecule has 1 aromatic carbocycles. The highest BCUT2D eigenvalue weighted by Crippen LogP contribution is 2.24. The van der Waals surface area contributed by atoms with E-state index in [1.165, 1.54) is 24.4 Å². The lowest BCUT2D eigenvalue weighted by atomic mass is 10.3. The van der Waals surface area contributed by atoms with Gasteiger partial charge in [-0.3, -0.25) is 0 Å². The predicted molar refractivity (Wildman–Crippen MR) is 67.0 cm³/mol. The fourth-order valence-corrected chi connectivity index (χ4v) is 2.06. The molecule has 0 aliphatic heterocycles. The van der Waals surface area contributed by atoms with Gasteiger partial charge in [0.1, 0.15) is 16.7 Å². The molecule has 0 atom stereocenters. The van der Waals surface area contributed by atoms with Gasteiger partial charge in [-0.05, 0) is 24.3 Å². The van der Waals surface area contributed by atoms with E-state index in [1.807, 2.05) is 0 Å². The zero-order valence-corrected chi connectivity index (χ0v) is 10.2. The van der Waals surface area contributed by atoms with Crippen LogP contribution in [0.2, 0.25) is 0 Å². The van der Waals surface area contributed by atoms with Crippen molar-refractivity contribution >= 4 is 23.6 Å². The van der Waals surface area contributed by atoms with Gasteiger partial charge < -0.3 is 9.83 Å². The normalized spacial score (nSPS) is 10.2. The highest BCUT2D eigenvalue weighted by atomic mass is 32.2. The molecule has 0 spiro atoms. The van der Waals surface area contributed by atoms with Crippen LogP contribution in [0, 0.1) is 11.6 Å². The monoisotopic (exact) mass is 282 g/mol. The minimum atomic E-state index is -1.13. The van der Waals surface area contributed by atoms with Crippen molar-refractivity contribution in [3.8, 4) is 0 Å². The largest absolute Gasteiger partial charge is 0.478 e. The van der Waals surface area contributed by atoms with E-state index in [-0.39, 0.29) is 16.3 Å². The number of hydrogen-bond acceptors (Lipinski definition) is 4. The van der Waals surface area contributed by atoms with E-state index in [0.29, 0.717) is 0 Å². The second-order valence-electron chi connectivity index (χ2n) is 3.49. The summed E-state index contributed by atoms with van der Waals surface area (Å²) in [6.45, 7) is 0. The number of halogens is 2. The Balaban J connectivity index is 2.17. The number of carbonyl (C=O) groups is 1. The van der Waals surface area contributed by atoms with Crippen molar-refractivity contribution in [3.05, 3.63) is 53.7 Å². The molecule has 0 bridgehead atoms. The fraction of sp³-hybridized carbons (Fsp3) is 0. The summed E-state index contributed by atoms with van der Waals surface area (Å²) >= 11 is 0.844. The number of benzene rings is 1. The number of nitrogens with one attached hydrogen (secondary N) is 1. The summed E-state index contributed by atoms with van der Waals surface area (Å²) < 4.78 is 28.7. The predicted octanol–water partition coefficient (Wildman–Crippen LogP) is 3.18. The second-order valence-corrected chi connectivity index (χ2v) is 4.28. The number of aromatic carboxylic acids is 1. The van der Waals surface area contributed by atoms with Crippen molar-refractivity contribution in [1.82, 2.24) is 4.98 Å². The molecule has 0 saturated carbocycles. The molecule has 98 valence electrons. The Hall–Kier alpha value is -2.15. The first-order valence-corrected chi connectivity index (χ1v) is 5.96. The highest BCUT2D eigenvalue weighted by Gasteiger charge is 2.12. The molecule has 7 heteroatoms. The maximum Gasteiger partial charge on any atom is 0.338 e. The van der Waals surface area contributed by atoms with Gasteiger partial charge >= 0.3 is 5.97 Å². The van der Waals surface area contributed by atoms with Gasteiger partial charge in [0.05, 0.1) is 11.3 Å². The molecule has 0 saturated heterocycles. The van der Waals surface area contributed by atoms with Crippen molar-refractivity contribution in [2.45, 2.75) is 5.03 Å². The topological polar surface area (TPSA) is 62.2 Å². The van der Waals surface area contributed by atoms with Crippen LogP contribution in [0.4, 0.5) is 14.5 Å². The maximum atomic E-state index is 13.4. The van der Waals surface area contributed by atoms with Crippen LogP contribution in [-0.4, -0.2) is 16.1 Å². The molecule has 1 aromatic heterocycles. The van der Waals surface area contributed by atoms with Gasteiger partial charge in [-0.25, -0.2) is 18.6 Å². The fourth-order valence-electron chi connectivity index (χ4n) is 1.31. The Bertz CT molecular complexity index is 622. The van der Waals surface area contributed by atoms with Crippen LogP contribution in [0.5, 0.6) is 0 Å². The number of pyridine rings is 1. The van der Waals surface area contributed by atoms with Crippen LogP contribution < -0.4 is 4.72 Å². The summed E-state index contributed by atoms with van der Waals surface area (Å²) in [7, 11) is 0. The first-order valence-electron chi connectivity index (χ1n) is 5.14. The quantitative estimate of drug-likeness (QED) is 0.843. The number of carboxylic acids is 1. The van der Waals surface area contributed by atoms with Crippen LogP contribution in [0.25, 0.3) is 0 Å². The molecule has 0 unspecified atom stereocenters. The molecule has 0 aliphatic rings. The molecule has 0 aliphatic carbocycles. The molecular weight excluding hydrogens is 274 g/mol. The van der Waals surface area contributed by atoms with Gasteiger partial charge in [0.2, 0.25) is 0 Å². The Kier molecular flexibility index (Phi) is 3.96. The lowest BCUT2D eigenvalue weighted by Crippen LogP contribution is -2.02. The molecule has 19 heavy (non-hydrogen) atoms. The third-order valence-electron chi connectivity index (χ3n) is 2.19. The van der Waals surface area contributed by atoms with Crippen LogP contribution in [0.15, 0.2) is 41.6 Å². The van der Waals surface area contributed by atoms with Crippen molar-refractivity contribution in [2.24, 2.45) is 0 Å². The molecule has 2 aromatic rings. The Labute approximate surface area is 111 Å². The number of nitrogens with zero attached hydrogens (tertiary/aromatic N) is 1. The second kappa shape index (κ2) is 5.66. The first kappa shape index (κ1) is 13.3. The number of anilines is 1. The smallest absolute Gasteiger partial charge is 0.338 e. The van der Waals surface area contributed by atoms with Gasteiger partial charge in [-0.2, -0.15) is 0 Å². The summed E-state index contributed by atoms with van der Waals surface area (Å²) in [5.74, 6) is -2.57. The molecule has 2 rings (SSSR count). The van der Waals surface area contributed by atoms with Crippen molar-refractivity contribution in [1.29, 1.82) is 0 Å². The van der Waals surface area contributed by atoms with Crippen LogP contribution in [-0.2, 0) is 0 Å². The SMILES string of the molecule is O=C(O)c1cccnc1SNc1ccc(F)cc1F. The minimum absolute atomic E-state index is 0.00233. The van der Waals surface area contributed by atoms with Crippen LogP contribution in [0.1, 0.15) is 10.4 Å². The number of carboxylic acid groups (broad SMARTS) is 1. The van der Waals surface area contributed by atoms with E-state index in [0.717, 1.165) is 24.1 Å². The molecule has 0 amide bonds. The molecule has 0 radical (unpaired) electrons. The van der Waals surface area contributed by atoms with Gasteiger partial charge in [0.25, 0.3) is 0 Å². The summed E-state index contributed by atoms with van der Waals surface area (Å²) in [6, 6.07) is 5.94. The first-order chi connectivity index (χ1) is 9.08. The Morgan fingerprint density at radius 1 is 1.32 bits per heavy atom. The van der Waals surface area contributed by atoms with E-state index in [1.54, 1.807) is 0 Å². The van der Waals surface area contributed by atoms with Crippen molar-refractivity contribution in [3.63, 3.8) is 0 Å². The average molecular weight is 282 g/mol. The summed E-state index contributed by atoms with van der Waals surface area (Å²) in [5.41, 5.74) is 0.0518. The third kappa shape index (κ3) is 3.19. The molecule has 2 N–H and O–H groups in total. The molecule has 4 nitrogen and oxygen atoms in total. The maximum absolute atomic E-state index is 13.4. The Morgan fingerprint density at radius 3 is 2.79 bits per heavy atom. The van der Waals surface area contributed by atoms with Crippen molar-refractivity contribution < 1.29 is 18.7 Å². The average Bonchev–Trinajstić information content (AvgIpc) is 2.38. The van der Waals surface area contributed by atoms with Crippen molar-refractivity contribution in [2.75, 3.05) is 4.72 Å². The van der Waals surface area contributed by atoms with Gasteiger partial charge in [0.15, 0.2) is 0 Å². The number of rotatable bonds is 4. The van der Waals surface area contributed by atoms with E-state index < -0.39 is 17.6 Å². The zero-order valence-electron chi connectivity index (χ0n) is 9.43. The lowest BCUT2D eigenvalue weighted by Gasteiger charge is -2.07. The van der Waals surface area contributed by atoms with Crippen LogP contribution >= 0.6 is 11.9 Å². The lowest BCUT2D eigenvalue weighted by molar-refractivity contribution is 0.0692. The van der Waals surface area contributed by atoms with E-state index >= 15 is 0 Å². The molecule has 1 heterocycles. The standard InChI is InChI=1S/C12H8F2N2O2S/c13-7-3-4-10(9(14)6-7)16-19-11-8(12(17)18)2-1-5-15-11/h1-6,16H,(H,17,18). The third-order valence-corrected chi connectivity index (χ3v) is 3.03. The molecular formula is C12H8F2N2O2S. The zero-order chi connectivity index (χ0) is 13.8. The van der Waals surface area contributed by atoms with E-state index in [9.17, 15) is 13.6 Å². The minimum Gasteiger partial charge on any atom is -0.478 e. The molecule has 0 fully saturated rings. The van der Waals surface area contributed by atoms with E-state index in [4.69, 9.17) is 5.11 Å². The van der Waals surface area contributed by atoms with Gasteiger partial charge in [-0.1, -0.05) is 0 Å². The number of hydrogen-bond donors (Lipinski definition) is 2. The van der Waals surface area contributed by atoms with E-state index in [2.05, 4.69) is 9.71 Å². The number of aromatic nitrogens is 1. The van der Waals surface area contributed by atoms with Gasteiger partial charge in [-0.15, -0.1) is 0 Å². The highest BCUT2D eigenvalue weighted by molar-refractivity contribution is 8.00.